The molecule has 0 aliphatic rings. The van der Waals surface area contributed by atoms with Gasteiger partial charge in [-0.15, -0.1) is 0 Å². The summed E-state index contributed by atoms with van der Waals surface area (Å²) in [7, 11) is 0. The van der Waals surface area contributed by atoms with Gasteiger partial charge in [-0.2, -0.15) is 5.26 Å². The third kappa shape index (κ3) is 3.96. The fourth-order valence-corrected chi connectivity index (χ4v) is 3.78. The molecule has 0 aliphatic heterocycles. The van der Waals surface area contributed by atoms with Crippen LogP contribution in [0.3, 0.4) is 0 Å². The van der Waals surface area contributed by atoms with E-state index in [9.17, 15) is 5.26 Å². The average molecular weight is 390 g/mol. The van der Waals surface area contributed by atoms with Crippen molar-refractivity contribution in [2.75, 3.05) is 0 Å². The van der Waals surface area contributed by atoms with Gasteiger partial charge in [0.05, 0.1) is 5.69 Å². The van der Waals surface area contributed by atoms with Crippen LogP contribution in [0.1, 0.15) is 75.8 Å². The van der Waals surface area contributed by atoms with Crippen LogP contribution in [0.4, 0.5) is 4.39 Å². The zero-order valence-electron chi connectivity index (χ0n) is 18.0. The molecule has 0 N–H and O–H groups in total. The maximum atomic E-state index is 15.0. The molecule has 29 heavy (non-hydrogen) atoms. The van der Waals surface area contributed by atoms with Crippen molar-refractivity contribution in [2.24, 2.45) is 0 Å². The Morgan fingerprint density at radius 3 is 2.07 bits per heavy atom. The number of hydrogen-bond acceptors (Lipinski definition) is 2. The second-order valence-electron chi connectivity index (χ2n) is 8.54. The maximum Gasteiger partial charge on any atom is 0.159 e. The van der Waals surface area contributed by atoms with Crippen molar-refractivity contribution < 1.29 is 4.39 Å². The first-order valence-corrected chi connectivity index (χ1v) is 10.1. The normalized spacial score (nSPS) is 11.9. The van der Waals surface area contributed by atoms with Gasteiger partial charge in [0, 0.05) is 11.8 Å². The van der Waals surface area contributed by atoms with Crippen LogP contribution in [0, 0.1) is 11.3 Å². The average Bonchev–Trinajstić information content (AvgIpc) is 3.10. The van der Waals surface area contributed by atoms with Crippen molar-refractivity contribution in [3.8, 4) is 23.1 Å². The second-order valence-corrected chi connectivity index (χ2v) is 8.54. The number of hydrogen-bond donors (Lipinski definition) is 0. The molecule has 3 rings (SSSR count). The summed E-state index contributed by atoms with van der Waals surface area (Å²) in [5.74, 6) is 1.17. The predicted octanol–water partition coefficient (Wildman–Crippen LogP) is 6.86. The van der Waals surface area contributed by atoms with Crippen molar-refractivity contribution in [2.45, 2.75) is 59.0 Å². The molecule has 0 fully saturated rings. The summed E-state index contributed by atoms with van der Waals surface area (Å²) in [6.45, 7) is 11.7. The Kier molecular flexibility index (Phi) is 5.61. The number of halogens is 1. The lowest BCUT2D eigenvalue weighted by molar-refractivity contribution is 0.222. The van der Waals surface area contributed by atoms with Gasteiger partial charge < -0.3 is 0 Å². The highest BCUT2D eigenvalue weighted by Crippen LogP contribution is 2.38. The molecular formula is C25H28FN3. The Morgan fingerprint density at radius 2 is 1.55 bits per heavy atom. The van der Waals surface area contributed by atoms with E-state index in [2.05, 4.69) is 56.9 Å². The molecule has 0 atom stereocenters. The number of benzene rings is 2. The Morgan fingerprint density at radius 1 is 0.966 bits per heavy atom. The molecule has 0 unspecified atom stereocenters. The molecule has 0 bridgehead atoms. The molecule has 0 saturated heterocycles. The van der Waals surface area contributed by atoms with Crippen LogP contribution in [0.15, 0.2) is 48.7 Å². The smallest absolute Gasteiger partial charge is 0.159 e. The Balaban J connectivity index is 2.40. The van der Waals surface area contributed by atoms with Gasteiger partial charge in [0.2, 0.25) is 0 Å². The summed E-state index contributed by atoms with van der Waals surface area (Å²) >= 11 is 0. The van der Waals surface area contributed by atoms with E-state index in [1.54, 1.807) is 26.1 Å². The van der Waals surface area contributed by atoms with E-state index in [-0.39, 0.29) is 11.8 Å². The van der Waals surface area contributed by atoms with E-state index in [4.69, 9.17) is 0 Å². The number of aromatic nitrogens is 2. The van der Waals surface area contributed by atoms with Gasteiger partial charge in [0.15, 0.2) is 5.69 Å². The van der Waals surface area contributed by atoms with E-state index in [0.717, 1.165) is 5.69 Å². The summed E-state index contributed by atoms with van der Waals surface area (Å²) in [4.78, 5) is 4.59. The zero-order chi connectivity index (χ0) is 21.3. The summed E-state index contributed by atoms with van der Waals surface area (Å²) in [5.41, 5.74) is 3.44. The largest absolute Gasteiger partial charge is 0.298 e. The van der Waals surface area contributed by atoms with Crippen molar-refractivity contribution in [1.82, 2.24) is 9.55 Å². The molecule has 0 spiro atoms. The summed E-state index contributed by atoms with van der Waals surface area (Å²) in [6, 6.07) is 15.9. The number of imidazole rings is 1. The first-order chi connectivity index (χ1) is 13.6. The van der Waals surface area contributed by atoms with Crippen molar-refractivity contribution in [3.05, 3.63) is 71.0 Å². The standard InChI is InChI=1S/C25H28FN3/c1-16(2)19-11-9-12-20(17(3)4)23(19)29-15-18(14-27)28-24(29)21-10-7-8-13-22(21)25(5,6)26/h7-13,15-17H,1-6H3. The first kappa shape index (κ1) is 20.8. The van der Waals surface area contributed by atoms with Crippen molar-refractivity contribution in [1.29, 1.82) is 5.26 Å². The SMILES string of the molecule is CC(C)c1cccc(C(C)C)c1-n1cc(C#N)nc1-c1ccccc1C(C)(C)F. The molecule has 3 aromatic rings. The Hall–Kier alpha value is -2.93. The van der Waals surface area contributed by atoms with E-state index >= 15 is 4.39 Å². The molecular weight excluding hydrogens is 361 g/mol. The number of nitriles is 1. The van der Waals surface area contributed by atoms with Gasteiger partial charge >= 0.3 is 0 Å². The van der Waals surface area contributed by atoms with E-state index in [0.29, 0.717) is 22.6 Å². The zero-order valence-corrected chi connectivity index (χ0v) is 18.0. The highest BCUT2D eigenvalue weighted by Gasteiger charge is 2.27. The van der Waals surface area contributed by atoms with Crippen molar-refractivity contribution in [3.63, 3.8) is 0 Å². The minimum Gasteiger partial charge on any atom is -0.298 e. The van der Waals surface area contributed by atoms with Gasteiger partial charge in [-0.25, -0.2) is 9.37 Å². The highest BCUT2D eigenvalue weighted by atomic mass is 19.1. The van der Waals surface area contributed by atoms with Crippen LogP contribution in [0.2, 0.25) is 0 Å². The molecule has 1 aromatic heterocycles. The number of para-hydroxylation sites is 1. The second kappa shape index (κ2) is 7.83. The van der Waals surface area contributed by atoms with E-state index < -0.39 is 5.67 Å². The fraction of sp³-hybridized carbons (Fsp3) is 0.360. The molecule has 0 aliphatic carbocycles. The van der Waals surface area contributed by atoms with Gasteiger partial charge in [-0.05, 0) is 42.4 Å². The maximum absolute atomic E-state index is 15.0. The lowest BCUT2D eigenvalue weighted by Crippen LogP contribution is -2.13. The lowest BCUT2D eigenvalue weighted by Gasteiger charge is -2.23. The number of nitrogens with zero attached hydrogens (tertiary/aromatic N) is 3. The van der Waals surface area contributed by atoms with Gasteiger partial charge in [-0.1, -0.05) is 70.2 Å². The molecule has 4 heteroatoms. The predicted molar refractivity (Wildman–Crippen MR) is 116 cm³/mol. The summed E-state index contributed by atoms with van der Waals surface area (Å²) in [5, 5.41) is 9.56. The Bertz CT molecular complexity index is 1040. The fourth-order valence-electron chi connectivity index (χ4n) is 3.78. The minimum atomic E-state index is -1.53. The van der Waals surface area contributed by atoms with Gasteiger partial charge in [0.25, 0.3) is 0 Å². The highest BCUT2D eigenvalue weighted by molar-refractivity contribution is 5.67. The lowest BCUT2D eigenvalue weighted by atomic mass is 9.91. The molecule has 0 radical (unpaired) electrons. The van der Waals surface area contributed by atoms with Gasteiger partial charge in [-0.3, -0.25) is 4.57 Å². The van der Waals surface area contributed by atoms with Crippen LogP contribution >= 0.6 is 0 Å². The van der Waals surface area contributed by atoms with Crippen LogP contribution in [0.5, 0.6) is 0 Å². The molecule has 150 valence electrons. The first-order valence-electron chi connectivity index (χ1n) is 10.1. The van der Waals surface area contributed by atoms with Crippen LogP contribution < -0.4 is 0 Å². The third-order valence-electron chi connectivity index (χ3n) is 5.21. The van der Waals surface area contributed by atoms with E-state index in [1.807, 2.05) is 22.8 Å². The molecule has 2 aromatic carbocycles. The van der Waals surface area contributed by atoms with Crippen LogP contribution in [0.25, 0.3) is 17.1 Å². The molecule has 0 saturated carbocycles. The monoisotopic (exact) mass is 389 g/mol. The quantitative estimate of drug-likeness (QED) is 0.478. The molecule has 0 amide bonds. The van der Waals surface area contributed by atoms with E-state index in [1.165, 1.54) is 11.1 Å². The number of alkyl halides is 1. The molecule has 3 nitrogen and oxygen atoms in total. The van der Waals surface area contributed by atoms with Crippen molar-refractivity contribution >= 4 is 0 Å². The summed E-state index contributed by atoms with van der Waals surface area (Å²) < 4.78 is 17.0. The molecule has 1 heterocycles. The van der Waals surface area contributed by atoms with Gasteiger partial charge in [0.1, 0.15) is 17.6 Å². The third-order valence-corrected chi connectivity index (χ3v) is 5.21. The summed E-state index contributed by atoms with van der Waals surface area (Å²) in [6.07, 6.45) is 1.77. The van der Waals surface area contributed by atoms with Crippen LogP contribution in [-0.4, -0.2) is 9.55 Å². The topological polar surface area (TPSA) is 41.6 Å². The van der Waals surface area contributed by atoms with Crippen LogP contribution in [-0.2, 0) is 5.67 Å². The minimum absolute atomic E-state index is 0.289. The Labute approximate surface area is 172 Å². The number of rotatable bonds is 5.